The molecule has 1 aromatic carbocycles. The summed E-state index contributed by atoms with van der Waals surface area (Å²) in [4.78, 5) is 12.4. The summed E-state index contributed by atoms with van der Waals surface area (Å²) in [5.41, 5.74) is 1.94. The number of halogens is 2. The second-order valence-electron chi connectivity index (χ2n) is 4.06. The first-order chi connectivity index (χ1) is 9.04. The Hall–Kier alpha value is -1.34. The highest BCUT2D eigenvalue weighted by Gasteiger charge is 2.25. The Morgan fingerprint density at radius 3 is 2.63 bits per heavy atom. The van der Waals surface area contributed by atoms with E-state index in [0.717, 1.165) is 5.56 Å². The van der Waals surface area contributed by atoms with Gasteiger partial charge in [-0.15, -0.1) is 0 Å². The van der Waals surface area contributed by atoms with Crippen molar-refractivity contribution in [3.8, 4) is 6.07 Å². The Morgan fingerprint density at radius 1 is 1.37 bits per heavy atom. The van der Waals surface area contributed by atoms with E-state index in [1.165, 1.54) is 17.4 Å². The lowest BCUT2D eigenvalue weighted by Gasteiger charge is -2.10. The van der Waals surface area contributed by atoms with E-state index >= 15 is 0 Å². The van der Waals surface area contributed by atoms with E-state index in [4.69, 9.17) is 23.2 Å². The van der Waals surface area contributed by atoms with Gasteiger partial charge in [-0.25, -0.2) is 0 Å². The fraction of sp³-hybridized carbons (Fsp3) is 0.143. The van der Waals surface area contributed by atoms with Gasteiger partial charge < -0.3 is 0 Å². The van der Waals surface area contributed by atoms with Crippen molar-refractivity contribution in [1.82, 2.24) is 0 Å². The number of hydrogen-bond donors (Lipinski definition) is 0. The summed E-state index contributed by atoms with van der Waals surface area (Å²) in [6.45, 7) is 1.85. The molecule has 0 saturated carbocycles. The lowest BCUT2D eigenvalue weighted by Crippen LogP contribution is -2.12. The standard InChI is InChI=1S/C14H9Cl2NOS/c1-8-6-19-7-12(8)14(18)11(5-17)10-3-2-9(15)4-13(10)16/h2-4,6-7,11H,1H3. The average molecular weight is 310 g/mol. The molecule has 2 nitrogen and oxygen atoms in total. The molecular formula is C14H9Cl2NOS. The van der Waals surface area contributed by atoms with E-state index < -0.39 is 5.92 Å². The van der Waals surface area contributed by atoms with Crippen molar-refractivity contribution in [2.75, 3.05) is 0 Å². The van der Waals surface area contributed by atoms with Crippen LogP contribution in [-0.2, 0) is 0 Å². The molecule has 0 fully saturated rings. The quantitative estimate of drug-likeness (QED) is 0.760. The number of hydrogen-bond acceptors (Lipinski definition) is 3. The summed E-state index contributed by atoms with van der Waals surface area (Å²) in [7, 11) is 0. The van der Waals surface area contributed by atoms with Gasteiger partial charge in [-0.05, 0) is 35.6 Å². The van der Waals surface area contributed by atoms with Crippen molar-refractivity contribution in [1.29, 1.82) is 5.26 Å². The Bertz CT molecular complexity index is 672. The van der Waals surface area contributed by atoms with Gasteiger partial charge in [0.25, 0.3) is 0 Å². The zero-order valence-corrected chi connectivity index (χ0v) is 12.3. The fourth-order valence-electron chi connectivity index (χ4n) is 1.77. The van der Waals surface area contributed by atoms with Gasteiger partial charge >= 0.3 is 0 Å². The first-order valence-corrected chi connectivity index (χ1v) is 7.16. The molecule has 19 heavy (non-hydrogen) atoms. The van der Waals surface area contributed by atoms with E-state index in [1.807, 2.05) is 18.4 Å². The number of benzene rings is 1. The van der Waals surface area contributed by atoms with Gasteiger partial charge in [-0.2, -0.15) is 16.6 Å². The molecule has 1 aromatic heterocycles. The van der Waals surface area contributed by atoms with Crippen LogP contribution in [0.25, 0.3) is 0 Å². The van der Waals surface area contributed by atoms with Crippen molar-refractivity contribution in [3.05, 3.63) is 55.7 Å². The Kier molecular flexibility index (Phi) is 4.26. The number of carbonyl (C=O) groups is 1. The maximum atomic E-state index is 12.4. The number of nitriles is 1. The topological polar surface area (TPSA) is 40.9 Å². The summed E-state index contributed by atoms with van der Waals surface area (Å²) >= 11 is 13.3. The minimum Gasteiger partial charge on any atom is -0.292 e. The van der Waals surface area contributed by atoms with Gasteiger partial charge in [0.15, 0.2) is 5.78 Å². The minimum absolute atomic E-state index is 0.231. The van der Waals surface area contributed by atoms with Crippen molar-refractivity contribution in [3.63, 3.8) is 0 Å². The minimum atomic E-state index is -0.905. The predicted octanol–water partition coefficient (Wildman–Crippen LogP) is 4.85. The molecule has 1 unspecified atom stereocenters. The van der Waals surface area contributed by atoms with Gasteiger partial charge in [0.2, 0.25) is 0 Å². The third-order valence-corrected chi connectivity index (χ3v) is 4.21. The molecule has 96 valence electrons. The summed E-state index contributed by atoms with van der Waals surface area (Å²) in [5.74, 6) is -1.14. The van der Waals surface area contributed by atoms with Crippen LogP contribution < -0.4 is 0 Å². The third kappa shape index (κ3) is 2.82. The molecule has 0 spiro atoms. The Morgan fingerprint density at radius 2 is 2.11 bits per heavy atom. The molecule has 2 aromatic rings. The largest absolute Gasteiger partial charge is 0.292 e. The smallest absolute Gasteiger partial charge is 0.185 e. The Balaban J connectivity index is 2.44. The molecule has 5 heteroatoms. The van der Waals surface area contributed by atoms with Crippen LogP contribution in [0.5, 0.6) is 0 Å². The van der Waals surface area contributed by atoms with Crippen molar-refractivity contribution in [2.45, 2.75) is 12.8 Å². The maximum Gasteiger partial charge on any atom is 0.185 e. The van der Waals surface area contributed by atoms with Crippen LogP contribution in [0.2, 0.25) is 10.0 Å². The number of ketones is 1. The van der Waals surface area contributed by atoms with Gasteiger partial charge in [0.05, 0.1) is 6.07 Å². The van der Waals surface area contributed by atoms with Gasteiger partial charge in [-0.3, -0.25) is 4.79 Å². The number of nitrogens with zero attached hydrogens (tertiary/aromatic N) is 1. The molecule has 1 atom stereocenters. The van der Waals surface area contributed by atoms with Crippen LogP contribution in [0.1, 0.15) is 27.4 Å². The van der Waals surface area contributed by atoms with E-state index in [9.17, 15) is 10.1 Å². The average Bonchev–Trinajstić information content (AvgIpc) is 2.78. The highest BCUT2D eigenvalue weighted by atomic mass is 35.5. The van der Waals surface area contributed by atoms with Gasteiger partial charge in [-0.1, -0.05) is 29.3 Å². The number of carbonyl (C=O) groups excluding carboxylic acids is 1. The fourth-order valence-corrected chi connectivity index (χ4v) is 3.13. The number of rotatable bonds is 3. The Labute approximate surface area is 125 Å². The van der Waals surface area contributed by atoms with E-state index in [0.29, 0.717) is 21.2 Å². The van der Waals surface area contributed by atoms with Gasteiger partial charge in [0.1, 0.15) is 5.92 Å². The molecule has 2 rings (SSSR count). The van der Waals surface area contributed by atoms with Crippen molar-refractivity contribution in [2.24, 2.45) is 0 Å². The molecule has 0 aliphatic heterocycles. The molecule has 1 heterocycles. The lowest BCUT2D eigenvalue weighted by atomic mass is 9.91. The molecule has 0 bridgehead atoms. The molecule has 0 aliphatic carbocycles. The SMILES string of the molecule is Cc1cscc1C(=O)C(C#N)c1ccc(Cl)cc1Cl. The monoisotopic (exact) mass is 309 g/mol. The zero-order chi connectivity index (χ0) is 14.0. The second-order valence-corrected chi connectivity index (χ2v) is 5.65. The van der Waals surface area contributed by atoms with Crippen LogP contribution >= 0.6 is 34.5 Å². The molecule has 0 saturated heterocycles. The lowest BCUT2D eigenvalue weighted by molar-refractivity contribution is 0.0979. The second kappa shape index (κ2) is 5.75. The first kappa shape index (κ1) is 14.1. The number of aryl methyl sites for hydroxylation is 1. The molecular weight excluding hydrogens is 301 g/mol. The van der Waals surface area contributed by atoms with Gasteiger partial charge in [0, 0.05) is 21.0 Å². The van der Waals surface area contributed by atoms with Crippen LogP contribution in [0.15, 0.2) is 29.0 Å². The summed E-state index contributed by atoms with van der Waals surface area (Å²) < 4.78 is 0. The molecule has 0 N–H and O–H groups in total. The van der Waals surface area contributed by atoms with Crippen LogP contribution in [-0.4, -0.2) is 5.78 Å². The summed E-state index contributed by atoms with van der Waals surface area (Å²) in [5, 5.41) is 13.7. The van der Waals surface area contributed by atoms with Crippen LogP contribution in [0, 0.1) is 18.3 Å². The van der Waals surface area contributed by atoms with E-state index in [1.54, 1.807) is 17.5 Å². The molecule has 0 amide bonds. The predicted molar refractivity (Wildman–Crippen MR) is 78.2 cm³/mol. The first-order valence-electron chi connectivity index (χ1n) is 5.46. The normalized spacial score (nSPS) is 11.9. The summed E-state index contributed by atoms with van der Waals surface area (Å²) in [6, 6.07) is 6.81. The number of Topliss-reactive ketones (excluding diaryl/α,β-unsaturated/α-hetero) is 1. The molecule has 0 aliphatic rings. The summed E-state index contributed by atoms with van der Waals surface area (Å²) in [6.07, 6.45) is 0. The van der Waals surface area contributed by atoms with Crippen molar-refractivity contribution >= 4 is 40.3 Å². The van der Waals surface area contributed by atoms with Crippen LogP contribution in [0.3, 0.4) is 0 Å². The van der Waals surface area contributed by atoms with E-state index in [-0.39, 0.29) is 5.78 Å². The zero-order valence-electron chi connectivity index (χ0n) is 9.98. The molecule has 0 radical (unpaired) electrons. The van der Waals surface area contributed by atoms with E-state index in [2.05, 4.69) is 0 Å². The highest BCUT2D eigenvalue weighted by Crippen LogP contribution is 2.31. The highest BCUT2D eigenvalue weighted by molar-refractivity contribution is 7.08. The maximum absolute atomic E-state index is 12.4. The van der Waals surface area contributed by atoms with Crippen molar-refractivity contribution < 1.29 is 4.79 Å². The van der Waals surface area contributed by atoms with Crippen LogP contribution in [0.4, 0.5) is 0 Å². The third-order valence-electron chi connectivity index (χ3n) is 2.79. The number of thiophene rings is 1.